The molecular weight excluding hydrogens is 540 g/mol. The Morgan fingerprint density at radius 3 is 1.40 bits per heavy atom. The SMILES string of the molecule is CC(C)c1ccc(C2CCCCC2)cc1.CC(C)c1cccc(C2CCCCC2)c1.CC(C)c1ccccc1C1CCCCC1. The number of benzene rings is 3. The van der Waals surface area contributed by atoms with Gasteiger partial charge in [-0.2, -0.15) is 0 Å². The fourth-order valence-electron chi connectivity index (χ4n) is 8.02. The highest BCUT2D eigenvalue weighted by molar-refractivity contribution is 5.33. The van der Waals surface area contributed by atoms with Gasteiger partial charge in [0.2, 0.25) is 0 Å². The van der Waals surface area contributed by atoms with Crippen LogP contribution in [0.2, 0.25) is 0 Å². The molecule has 0 saturated heterocycles. The highest BCUT2D eigenvalue weighted by Crippen LogP contribution is 2.37. The molecular formula is C45H66. The molecule has 0 spiro atoms. The predicted molar refractivity (Wildman–Crippen MR) is 199 cm³/mol. The third kappa shape index (κ3) is 11.2. The summed E-state index contributed by atoms with van der Waals surface area (Å²) in [4.78, 5) is 0. The standard InChI is InChI=1S/3C15H22/c1-12(2)14-10-6-7-11-15(14)13-8-4-3-5-9-13;1-12(2)14-9-6-10-15(11-14)13-7-4-3-5-8-13;1-12(2)13-8-10-15(11-9-13)14-6-4-3-5-7-14/h6-7,10-13H,3-5,8-9H2,1-2H3;6,9-13H,3-5,7-8H2,1-2H3;8-12,14H,3-7H2,1-2H3. The molecule has 0 nitrogen and oxygen atoms in total. The smallest absolute Gasteiger partial charge is 0.0159 e. The van der Waals surface area contributed by atoms with Crippen LogP contribution in [0.4, 0.5) is 0 Å². The molecule has 3 fully saturated rings. The zero-order chi connectivity index (χ0) is 32.0. The van der Waals surface area contributed by atoms with Crippen molar-refractivity contribution in [3.8, 4) is 0 Å². The summed E-state index contributed by atoms with van der Waals surface area (Å²) in [5.74, 6) is 4.52. The van der Waals surface area contributed by atoms with Crippen molar-refractivity contribution in [2.75, 3.05) is 0 Å². The zero-order valence-electron chi connectivity index (χ0n) is 30.0. The molecule has 0 N–H and O–H groups in total. The molecule has 0 amide bonds. The lowest BCUT2D eigenvalue weighted by molar-refractivity contribution is 0.440. The van der Waals surface area contributed by atoms with Gasteiger partial charge in [-0.3, -0.25) is 0 Å². The maximum absolute atomic E-state index is 2.43. The van der Waals surface area contributed by atoms with Crippen molar-refractivity contribution < 1.29 is 0 Å². The fraction of sp³-hybridized carbons (Fsp3) is 0.600. The van der Waals surface area contributed by atoms with Gasteiger partial charge in [-0.25, -0.2) is 0 Å². The molecule has 0 heteroatoms. The Morgan fingerprint density at radius 2 is 0.889 bits per heavy atom. The van der Waals surface area contributed by atoms with Gasteiger partial charge in [0.05, 0.1) is 0 Å². The molecule has 0 aromatic heterocycles. The van der Waals surface area contributed by atoms with Gasteiger partial charge < -0.3 is 0 Å². The summed E-state index contributed by atoms with van der Waals surface area (Å²) >= 11 is 0. The van der Waals surface area contributed by atoms with E-state index < -0.39 is 0 Å². The van der Waals surface area contributed by atoms with Crippen molar-refractivity contribution in [1.82, 2.24) is 0 Å². The minimum absolute atomic E-state index is 0.658. The van der Waals surface area contributed by atoms with Crippen molar-refractivity contribution in [3.05, 3.63) is 106 Å². The van der Waals surface area contributed by atoms with Crippen LogP contribution in [-0.4, -0.2) is 0 Å². The highest BCUT2D eigenvalue weighted by Gasteiger charge is 2.19. The van der Waals surface area contributed by atoms with E-state index in [0.717, 1.165) is 17.8 Å². The molecule has 45 heavy (non-hydrogen) atoms. The average Bonchev–Trinajstić information content (AvgIpc) is 3.10. The highest BCUT2D eigenvalue weighted by atomic mass is 14.2. The van der Waals surface area contributed by atoms with Crippen LogP contribution in [0, 0.1) is 0 Å². The van der Waals surface area contributed by atoms with Gasteiger partial charge >= 0.3 is 0 Å². The van der Waals surface area contributed by atoms with E-state index in [9.17, 15) is 0 Å². The lowest BCUT2D eigenvalue weighted by Crippen LogP contribution is -2.07. The van der Waals surface area contributed by atoms with Crippen molar-refractivity contribution in [2.45, 2.75) is 173 Å². The van der Waals surface area contributed by atoms with Gasteiger partial charge in [-0.1, -0.05) is 172 Å². The largest absolute Gasteiger partial charge is 0.0620 e. The van der Waals surface area contributed by atoms with E-state index in [1.54, 1.807) is 22.3 Å². The van der Waals surface area contributed by atoms with Crippen LogP contribution in [0.5, 0.6) is 0 Å². The minimum atomic E-state index is 0.658. The molecule has 3 aromatic carbocycles. The van der Waals surface area contributed by atoms with Crippen LogP contribution in [0.3, 0.4) is 0 Å². The normalized spacial score (nSPS) is 18.3. The van der Waals surface area contributed by atoms with Gasteiger partial charge in [0.25, 0.3) is 0 Å². The Bertz CT molecular complexity index is 1210. The summed E-state index contributed by atoms with van der Waals surface area (Å²) in [5, 5.41) is 0. The summed E-state index contributed by atoms with van der Waals surface area (Å²) in [7, 11) is 0. The van der Waals surface area contributed by atoms with Crippen molar-refractivity contribution >= 4 is 0 Å². The van der Waals surface area contributed by atoms with Crippen molar-refractivity contribution in [2.24, 2.45) is 0 Å². The molecule has 3 aromatic rings. The van der Waals surface area contributed by atoms with E-state index in [1.807, 2.05) is 0 Å². The van der Waals surface area contributed by atoms with Crippen molar-refractivity contribution in [1.29, 1.82) is 0 Å². The maximum Gasteiger partial charge on any atom is -0.0159 e. The maximum atomic E-state index is 2.43. The summed E-state index contributed by atoms with van der Waals surface area (Å²) in [5.41, 5.74) is 9.32. The molecule has 246 valence electrons. The molecule has 0 heterocycles. The van der Waals surface area contributed by atoms with Crippen LogP contribution in [0.25, 0.3) is 0 Å². The third-order valence-corrected chi connectivity index (χ3v) is 11.0. The Kier molecular flexibility index (Phi) is 14.8. The summed E-state index contributed by atoms with van der Waals surface area (Å²) in [6.07, 6.45) is 21.3. The van der Waals surface area contributed by atoms with E-state index in [1.165, 1.54) is 107 Å². The molecule has 0 bridgehead atoms. The number of hydrogen-bond donors (Lipinski definition) is 0. The number of hydrogen-bond acceptors (Lipinski definition) is 0. The first-order valence-electron chi connectivity index (χ1n) is 19.1. The Labute approximate surface area is 278 Å². The van der Waals surface area contributed by atoms with Crippen LogP contribution in [0.1, 0.15) is 207 Å². The van der Waals surface area contributed by atoms with Gasteiger partial charge in [-0.05, 0) is 107 Å². The second-order valence-electron chi connectivity index (χ2n) is 15.4. The van der Waals surface area contributed by atoms with E-state index in [0.29, 0.717) is 17.8 Å². The van der Waals surface area contributed by atoms with E-state index in [4.69, 9.17) is 0 Å². The minimum Gasteiger partial charge on any atom is -0.0620 e. The average molecular weight is 607 g/mol. The Balaban J connectivity index is 0.000000154. The van der Waals surface area contributed by atoms with E-state index >= 15 is 0 Å². The van der Waals surface area contributed by atoms with Gasteiger partial charge in [0, 0.05) is 0 Å². The lowest BCUT2D eigenvalue weighted by atomic mass is 9.80. The third-order valence-electron chi connectivity index (χ3n) is 11.0. The molecule has 3 aliphatic rings. The van der Waals surface area contributed by atoms with Crippen LogP contribution >= 0.6 is 0 Å². The first kappa shape index (κ1) is 35.5. The predicted octanol–water partition coefficient (Wildman–Crippen LogP) is 14.6. The molecule has 0 aliphatic heterocycles. The monoisotopic (exact) mass is 607 g/mol. The molecule has 3 aliphatic carbocycles. The molecule has 0 atom stereocenters. The summed E-state index contributed by atoms with van der Waals surface area (Å²) in [6, 6.07) is 27.6. The molecule has 0 unspecified atom stereocenters. The fourth-order valence-corrected chi connectivity index (χ4v) is 8.02. The van der Waals surface area contributed by atoms with Crippen LogP contribution in [-0.2, 0) is 0 Å². The van der Waals surface area contributed by atoms with E-state index in [2.05, 4.69) is 114 Å². The zero-order valence-corrected chi connectivity index (χ0v) is 30.0. The van der Waals surface area contributed by atoms with Crippen molar-refractivity contribution in [3.63, 3.8) is 0 Å². The van der Waals surface area contributed by atoms with E-state index in [-0.39, 0.29) is 0 Å². The topological polar surface area (TPSA) is 0 Å². The first-order chi connectivity index (χ1) is 21.8. The number of rotatable bonds is 6. The quantitative estimate of drug-likeness (QED) is 0.262. The Morgan fingerprint density at radius 1 is 0.400 bits per heavy atom. The second kappa shape index (κ2) is 18.7. The first-order valence-corrected chi connectivity index (χ1v) is 19.1. The second-order valence-corrected chi connectivity index (χ2v) is 15.4. The van der Waals surface area contributed by atoms with Gasteiger partial charge in [0.15, 0.2) is 0 Å². The van der Waals surface area contributed by atoms with Gasteiger partial charge in [0.1, 0.15) is 0 Å². The summed E-state index contributed by atoms with van der Waals surface area (Å²) < 4.78 is 0. The Hall–Kier alpha value is -2.34. The molecule has 3 saturated carbocycles. The van der Waals surface area contributed by atoms with Crippen LogP contribution in [0.15, 0.2) is 72.8 Å². The van der Waals surface area contributed by atoms with Crippen LogP contribution < -0.4 is 0 Å². The lowest BCUT2D eigenvalue weighted by Gasteiger charge is -2.25. The van der Waals surface area contributed by atoms with Gasteiger partial charge in [-0.15, -0.1) is 0 Å². The molecule has 6 rings (SSSR count). The summed E-state index contributed by atoms with van der Waals surface area (Å²) in [6.45, 7) is 13.7. The molecule has 0 radical (unpaired) electrons.